The smallest absolute Gasteiger partial charge is 0.410 e. The number of halogens is 1. The summed E-state index contributed by atoms with van der Waals surface area (Å²) in [6.45, 7) is 0.316. The van der Waals surface area contributed by atoms with Crippen LogP contribution in [0.5, 0.6) is 0 Å². The Bertz CT molecular complexity index is 818. The van der Waals surface area contributed by atoms with Crippen molar-refractivity contribution in [1.82, 2.24) is 4.90 Å². The van der Waals surface area contributed by atoms with Crippen molar-refractivity contribution in [2.24, 2.45) is 0 Å². The van der Waals surface area contributed by atoms with Crippen LogP contribution in [0.15, 0.2) is 60.7 Å². The second-order valence-electron chi connectivity index (χ2n) is 6.98. The highest BCUT2D eigenvalue weighted by molar-refractivity contribution is 6.32. The molecule has 2 bridgehead atoms. The van der Waals surface area contributed by atoms with Crippen LogP contribution in [0.1, 0.15) is 36.8 Å². The molecule has 2 aliphatic rings. The highest BCUT2D eigenvalue weighted by Gasteiger charge is 2.38. The van der Waals surface area contributed by atoms with E-state index in [1.807, 2.05) is 53.4 Å². The van der Waals surface area contributed by atoms with Crippen LogP contribution in [-0.2, 0) is 11.3 Å². The van der Waals surface area contributed by atoms with E-state index in [2.05, 4.69) is 12.1 Å². The van der Waals surface area contributed by atoms with Gasteiger partial charge in [-0.15, -0.1) is 0 Å². The van der Waals surface area contributed by atoms with Crippen molar-refractivity contribution in [1.29, 1.82) is 0 Å². The van der Waals surface area contributed by atoms with Gasteiger partial charge in [0.25, 0.3) is 0 Å². The molecule has 0 aliphatic carbocycles. The lowest BCUT2D eigenvalue weighted by atomic mass is 9.83. The maximum atomic E-state index is 12.7. The maximum absolute atomic E-state index is 12.7. The first-order chi connectivity index (χ1) is 12.7. The number of carbonyl (C=O) groups is 1. The number of hydrogen-bond donors (Lipinski definition) is 0. The average Bonchev–Trinajstić information content (AvgIpc) is 2.66. The fourth-order valence-electron chi connectivity index (χ4n) is 4.03. The molecule has 4 rings (SSSR count). The van der Waals surface area contributed by atoms with Crippen molar-refractivity contribution in [2.45, 2.75) is 44.4 Å². The molecule has 2 atom stereocenters. The molecule has 2 unspecified atom stereocenters. The SMILES string of the molecule is O=C(OCc1ccccc1)N1C2C=C(c3ccccc3Cl)CC1CCC2. The molecule has 2 aromatic carbocycles. The molecule has 1 saturated heterocycles. The van der Waals surface area contributed by atoms with Crippen LogP contribution >= 0.6 is 11.6 Å². The third-order valence-electron chi connectivity index (χ3n) is 5.27. The van der Waals surface area contributed by atoms with Gasteiger partial charge in [0.2, 0.25) is 0 Å². The molecule has 2 heterocycles. The Hall–Kier alpha value is -2.26. The molecular formula is C22H22ClNO2. The number of carbonyl (C=O) groups excluding carboxylic acids is 1. The molecular weight excluding hydrogens is 346 g/mol. The lowest BCUT2D eigenvalue weighted by Gasteiger charge is -2.44. The minimum Gasteiger partial charge on any atom is -0.445 e. The first-order valence-electron chi connectivity index (χ1n) is 9.17. The summed E-state index contributed by atoms with van der Waals surface area (Å²) in [4.78, 5) is 14.7. The van der Waals surface area contributed by atoms with Crippen LogP contribution in [0.4, 0.5) is 4.79 Å². The largest absolute Gasteiger partial charge is 0.445 e. The van der Waals surface area contributed by atoms with E-state index in [0.29, 0.717) is 6.61 Å². The average molecular weight is 368 g/mol. The van der Waals surface area contributed by atoms with Gasteiger partial charge in [-0.1, -0.05) is 66.2 Å². The normalized spacial score (nSPS) is 21.9. The van der Waals surface area contributed by atoms with Crippen LogP contribution in [0.25, 0.3) is 5.57 Å². The summed E-state index contributed by atoms with van der Waals surface area (Å²) in [7, 11) is 0. The van der Waals surface area contributed by atoms with Gasteiger partial charge in [0.1, 0.15) is 6.61 Å². The second-order valence-corrected chi connectivity index (χ2v) is 7.38. The van der Waals surface area contributed by atoms with Crippen molar-refractivity contribution in [3.05, 3.63) is 76.8 Å². The van der Waals surface area contributed by atoms with Gasteiger partial charge in [-0.2, -0.15) is 0 Å². The topological polar surface area (TPSA) is 29.5 Å². The quantitative estimate of drug-likeness (QED) is 0.697. The summed E-state index contributed by atoms with van der Waals surface area (Å²) < 4.78 is 5.60. The Morgan fingerprint density at radius 1 is 1.08 bits per heavy atom. The first-order valence-corrected chi connectivity index (χ1v) is 9.55. The molecule has 0 N–H and O–H groups in total. The van der Waals surface area contributed by atoms with E-state index >= 15 is 0 Å². The zero-order chi connectivity index (χ0) is 17.9. The monoisotopic (exact) mass is 367 g/mol. The van der Waals surface area contributed by atoms with E-state index in [4.69, 9.17) is 16.3 Å². The second kappa shape index (κ2) is 7.55. The van der Waals surface area contributed by atoms with Crippen molar-refractivity contribution in [2.75, 3.05) is 0 Å². The standard InChI is InChI=1S/C22H22ClNO2/c23-21-12-5-4-11-20(21)17-13-18-9-6-10-19(14-17)24(18)22(25)26-15-16-7-2-1-3-8-16/h1-5,7-8,11-13,18-19H,6,9-10,14-15H2. The van der Waals surface area contributed by atoms with Crippen molar-refractivity contribution in [3.63, 3.8) is 0 Å². The summed E-state index contributed by atoms with van der Waals surface area (Å²) >= 11 is 6.38. The minimum absolute atomic E-state index is 0.0945. The van der Waals surface area contributed by atoms with Crippen molar-refractivity contribution in [3.8, 4) is 0 Å². The van der Waals surface area contributed by atoms with E-state index < -0.39 is 0 Å². The molecule has 1 fully saturated rings. The summed E-state index contributed by atoms with van der Waals surface area (Å²) in [5.41, 5.74) is 3.34. The fourth-order valence-corrected chi connectivity index (χ4v) is 4.29. The predicted octanol–water partition coefficient (Wildman–Crippen LogP) is 5.69. The van der Waals surface area contributed by atoms with Crippen LogP contribution < -0.4 is 0 Å². The Labute approximate surface area is 159 Å². The van der Waals surface area contributed by atoms with Crippen LogP contribution in [0, 0.1) is 0 Å². The maximum Gasteiger partial charge on any atom is 0.410 e. The number of rotatable bonds is 3. The number of hydrogen-bond acceptors (Lipinski definition) is 2. The zero-order valence-electron chi connectivity index (χ0n) is 14.6. The van der Waals surface area contributed by atoms with E-state index in [-0.39, 0.29) is 18.2 Å². The van der Waals surface area contributed by atoms with E-state index in [1.165, 1.54) is 5.57 Å². The number of nitrogens with zero attached hydrogens (tertiary/aromatic N) is 1. The predicted molar refractivity (Wildman–Crippen MR) is 104 cm³/mol. The van der Waals surface area contributed by atoms with E-state index in [1.54, 1.807) is 0 Å². The molecule has 0 aromatic heterocycles. The third-order valence-corrected chi connectivity index (χ3v) is 5.60. The van der Waals surface area contributed by atoms with Gasteiger partial charge in [0.05, 0.1) is 6.04 Å². The fraction of sp³-hybridized carbons (Fsp3) is 0.318. The molecule has 0 saturated carbocycles. The number of fused-ring (bicyclic) bond motifs is 2. The number of benzene rings is 2. The van der Waals surface area contributed by atoms with Crippen LogP contribution in [0.2, 0.25) is 5.02 Å². The van der Waals surface area contributed by atoms with Gasteiger partial charge < -0.3 is 4.74 Å². The van der Waals surface area contributed by atoms with Crippen LogP contribution in [0.3, 0.4) is 0 Å². The summed E-state index contributed by atoms with van der Waals surface area (Å²) in [6.07, 6.45) is 5.97. The molecule has 4 heteroatoms. The first kappa shape index (κ1) is 17.2. The Morgan fingerprint density at radius 2 is 1.85 bits per heavy atom. The molecule has 134 valence electrons. The number of amides is 1. The van der Waals surface area contributed by atoms with Gasteiger partial charge in [0, 0.05) is 11.1 Å². The molecule has 1 amide bonds. The summed E-state index contributed by atoms with van der Waals surface area (Å²) in [5.74, 6) is 0. The van der Waals surface area contributed by atoms with Gasteiger partial charge in [-0.3, -0.25) is 4.90 Å². The lowest BCUT2D eigenvalue weighted by Crippen LogP contribution is -2.51. The lowest BCUT2D eigenvalue weighted by molar-refractivity contribution is 0.0510. The Morgan fingerprint density at radius 3 is 2.62 bits per heavy atom. The summed E-state index contributed by atoms with van der Waals surface area (Å²) in [5, 5.41) is 0.775. The van der Waals surface area contributed by atoms with Gasteiger partial charge in [0.15, 0.2) is 0 Å². The highest BCUT2D eigenvalue weighted by atomic mass is 35.5. The number of piperidine rings is 1. The van der Waals surface area contributed by atoms with Gasteiger partial charge >= 0.3 is 6.09 Å². The van der Waals surface area contributed by atoms with Gasteiger partial charge in [-0.25, -0.2) is 4.79 Å². The molecule has 2 aromatic rings. The zero-order valence-corrected chi connectivity index (χ0v) is 15.4. The van der Waals surface area contributed by atoms with Crippen molar-refractivity contribution < 1.29 is 9.53 Å². The third kappa shape index (κ3) is 3.49. The van der Waals surface area contributed by atoms with E-state index in [0.717, 1.165) is 41.8 Å². The van der Waals surface area contributed by atoms with Gasteiger partial charge in [-0.05, 0) is 48.4 Å². The molecule has 26 heavy (non-hydrogen) atoms. The molecule has 2 aliphatic heterocycles. The van der Waals surface area contributed by atoms with E-state index in [9.17, 15) is 4.79 Å². The minimum atomic E-state index is -0.210. The Kier molecular flexibility index (Phi) is 4.98. The highest BCUT2D eigenvalue weighted by Crippen LogP contribution is 2.39. The van der Waals surface area contributed by atoms with Crippen molar-refractivity contribution >= 4 is 23.3 Å². The molecule has 3 nitrogen and oxygen atoms in total. The summed E-state index contributed by atoms with van der Waals surface area (Å²) in [6, 6.07) is 18.0. The molecule has 0 radical (unpaired) electrons. The number of ether oxygens (including phenoxy) is 1. The molecule has 0 spiro atoms. The Balaban J connectivity index is 1.51. The van der Waals surface area contributed by atoms with Crippen LogP contribution in [-0.4, -0.2) is 23.1 Å².